The molecule has 34 atom stereocenters. The summed E-state index contributed by atoms with van der Waals surface area (Å²) in [7, 11) is -4.89. The van der Waals surface area contributed by atoms with Crippen molar-refractivity contribution in [3.05, 3.63) is 11.6 Å². The van der Waals surface area contributed by atoms with Crippen molar-refractivity contribution in [1.82, 2.24) is 0 Å². The Morgan fingerprint density at radius 1 is 0.640 bits per heavy atom. The van der Waals surface area contributed by atoms with E-state index in [-0.39, 0.29) is 54.6 Å². The number of aliphatic hydroxyl groups is 13. The Balaban J connectivity index is 0.983. The van der Waals surface area contributed by atoms with Crippen molar-refractivity contribution >= 4 is 16.2 Å². The van der Waals surface area contributed by atoms with Gasteiger partial charge in [-0.05, 0) is 113 Å². The first-order valence-corrected chi connectivity index (χ1v) is 31.7. The van der Waals surface area contributed by atoms with Crippen LogP contribution in [0.1, 0.15) is 114 Å². The molecule has 0 aromatic carbocycles. The number of fused-ring (bicyclic) bond motifs is 5. The molecular weight excluding hydrogens is 1160 g/mol. The predicted molar refractivity (Wildman–Crippen MR) is 290 cm³/mol. The molecule has 86 heavy (non-hydrogen) atoms. The number of hydrogen-bond donors (Lipinski definition) is 14. The standard InChI is InChI=1S/C57H94O28S/c1-21(2)22(3)31(59)18-57(9,71)35-11-10-28-27-17-32(30-16-26(85-86(72,73)74)12-14-55(30,7)29(27)13-15-56(28,35)8)79-52-46(70)47(38(62)25(6)78-52)82-53-48(83-50-44(68)41(65)36(60)23(4)76-50)40(64)34(20-75-53)81-54-49(43(67)39(63)33(19-58)80-54)84-51-45(69)42(66)37(61)24(5)77-51/h13,21-28,30,32-54,58,60-71H,10-12,14-20H2,1-9H3,(H,72,73,74)/t22-,23-,24-,25-,26+,27-,28+,30-,32+,33-,34-,35+,36-,37-,38-,39+,40+,41+,42+,43+,44-,45-,46-,47+,48-,49-,50+,51+,52+,53+,54+,55-,56+,57+/m1/s1. The van der Waals surface area contributed by atoms with Gasteiger partial charge in [0.15, 0.2) is 31.5 Å². The predicted octanol–water partition coefficient (Wildman–Crippen LogP) is -2.43. The first kappa shape index (κ1) is 68.7. The summed E-state index contributed by atoms with van der Waals surface area (Å²) in [6.07, 6.45) is -37.5. The molecule has 3 saturated carbocycles. The Bertz CT molecular complexity index is 2460. The molecule has 8 fully saturated rings. The summed E-state index contributed by atoms with van der Waals surface area (Å²) < 4.78 is 100. The van der Waals surface area contributed by atoms with Crippen LogP contribution in [0.3, 0.4) is 0 Å². The molecule has 0 unspecified atom stereocenters. The van der Waals surface area contributed by atoms with Gasteiger partial charge in [0.05, 0.1) is 49.3 Å². The van der Waals surface area contributed by atoms with Gasteiger partial charge in [0.1, 0.15) is 103 Å². The van der Waals surface area contributed by atoms with Gasteiger partial charge in [-0.3, -0.25) is 9.35 Å². The van der Waals surface area contributed by atoms with Crippen molar-refractivity contribution in [2.45, 2.75) is 279 Å². The van der Waals surface area contributed by atoms with Crippen molar-refractivity contribution in [3.63, 3.8) is 0 Å². The maximum Gasteiger partial charge on any atom is 0.397 e. The minimum atomic E-state index is -4.89. The molecule has 0 spiro atoms. The van der Waals surface area contributed by atoms with E-state index in [0.717, 1.165) is 5.57 Å². The summed E-state index contributed by atoms with van der Waals surface area (Å²) >= 11 is 0. The largest absolute Gasteiger partial charge is 0.397 e. The number of rotatable bonds is 18. The molecule has 496 valence electrons. The molecule has 14 N–H and O–H groups in total. The van der Waals surface area contributed by atoms with Crippen molar-refractivity contribution in [1.29, 1.82) is 0 Å². The first-order chi connectivity index (χ1) is 40.1. The van der Waals surface area contributed by atoms with E-state index < -0.39 is 206 Å². The lowest BCUT2D eigenvalue weighted by molar-refractivity contribution is -0.398. The number of allylic oxidation sites excluding steroid dienone is 2. The fraction of sp³-hybridized carbons (Fsp3) is 0.947. The van der Waals surface area contributed by atoms with Crippen LogP contribution in [-0.4, -0.2) is 264 Å². The van der Waals surface area contributed by atoms with E-state index in [1.165, 1.54) is 20.8 Å². The summed E-state index contributed by atoms with van der Waals surface area (Å²) in [4.78, 5) is 13.5. The van der Waals surface area contributed by atoms with Gasteiger partial charge < -0.3 is 114 Å². The van der Waals surface area contributed by atoms with Gasteiger partial charge in [0.2, 0.25) is 0 Å². The third kappa shape index (κ3) is 13.3. The quantitative estimate of drug-likeness (QED) is 0.0501. The molecule has 0 bridgehead atoms. The van der Waals surface area contributed by atoms with Crippen LogP contribution < -0.4 is 0 Å². The van der Waals surface area contributed by atoms with Gasteiger partial charge in [-0.25, -0.2) is 4.18 Å². The summed E-state index contributed by atoms with van der Waals surface area (Å²) in [6.45, 7) is 14.5. The number of aliphatic hydroxyl groups excluding tert-OH is 12. The summed E-state index contributed by atoms with van der Waals surface area (Å²) in [5.41, 5.74) is -1.30. The van der Waals surface area contributed by atoms with E-state index in [1.807, 2.05) is 20.8 Å². The molecule has 5 heterocycles. The topological polar surface area (TPSA) is 436 Å². The molecule has 9 aliphatic rings. The van der Waals surface area contributed by atoms with Gasteiger partial charge in [-0.15, -0.1) is 0 Å². The van der Waals surface area contributed by atoms with Crippen LogP contribution in [-0.2, 0) is 66.7 Å². The molecule has 29 heteroatoms. The zero-order chi connectivity index (χ0) is 63.2. The van der Waals surface area contributed by atoms with Crippen LogP contribution in [0, 0.1) is 46.3 Å². The molecule has 28 nitrogen and oxygen atoms in total. The third-order valence-electron chi connectivity index (χ3n) is 21.1. The Hall–Kier alpha value is -1.64. The molecule has 5 saturated heterocycles. The lowest BCUT2D eigenvalue weighted by Gasteiger charge is -2.60. The normalized spacial score (nSPS) is 51.2. The van der Waals surface area contributed by atoms with Crippen LogP contribution in [0.5, 0.6) is 0 Å². The third-order valence-corrected chi connectivity index (χ3v) is 21.7. The highest BCUT2D eigenvalue weighted by molar-refractivity contribution is 7.80. The minimum absolute atomic E-state index is 0.00277. The summed E-state index contributed by atoms with van der Waals surface area (Å²) in [6, 6.07) is 0. The van der Waals surface area contributed by atoms with Gasteiger partial charge in [0.25, 0.3) is 0 Å². The lowest BCUT2D eigenvalue weighted by atomic mass is 9.47. The monoisotopic (exact) mass is 1260 g/mol. The second kappa shape index (κ2) is 26.4. The maximum absolute atomic E-state index is 13.5. The Morgan fingerprint density at radius 2 is 1.19 bits per heavy atom. The average molecular weight is 1260 g/mol. The fourth-order valence-corrected chi connectivity index (χ4v) is 16.2. The molecule has 4 aliphatic carbocycles. The second-order valence-electron chi connectivity index (χ2n) is 27.0. The van der Waals surface area contributed by atoms with Crippen LogP contribution in [0.2, 0.25) is 0 Å². The van der Waals surface area contributed by atoms with E-state index in [9.17, 15) is 84.1 Å². The molecule has 0 amide bonds. The maximum atomic E-state index is 13.5. The van der Waals surface area contributed by atoms with Gasteiger partial charge in [-0.1, -0.05) is 46.3 Å². The summed E-state index contributed by atoms with van der Waals surface area (Å²) in [5, 5.41) is 145. The Morgan fingerprint density at radius 3 is 1.76 bits per heavy atom. The number of Topliss-reactive ketones (excluding diaryl/α,β-unsaturated/α-hetero) is 1. The van der Waals surface area contributed by atoms with Gasteiger partial charge >= 0.3 is 10.4 Å². The number of carbonyl (C=O) groups excluding carboxylic acids is 1. The molecular formula is C57H94O28S. The SMILES string of the molecule is CC(C)[C@@H](C)C(=O)C[C@](C)(O)[C@H]1CC[C@H]2[C@H]3C[C@H](O[C@@H]4O[C@H](C)[C@@H](O)[C@H](O[C@@H]5OC[C@@H](O[C@@H]6O[C@H](CO)[C@H](O)[C@H](O)[C@H]6O[C@@H]6O[C@H](C)[C@@H](O)[C@H](O)[C@H]6O)[C@H](O)[C@H]5O[C@@H]5O[C@H](C)[C@@H](O)[C@H](O)[C@H]5O)[C@H]4O)[C@H]4C[C@@H](OS(=O)(=O)O)CC[C@]4(C)C3=CC[C@@]21C. The van der Waals surface area contributed by atoms with E-state index in [1.54, 1.807) is 6.92 Å². The van der Waals surface area contributed by atoms with E-state index in [0.29, 0.717) is 32.1 Å². The second-order valence-corrected chi connectivity index (χ2v) is 28.1. The van der Waals surface area contributed by atoms with Crippen molar-refractivity contribution in [2.75, 3.05) is 13.2 Å². The van der Waals surface area contributed by atoms with E-state index in [2.05, 4.69) is 19.9 Å². The van der Waals surface area contributed by atoms with Gasteiger partial charge in [0, 0.05) is 12.3 Å². The molecule has 9 rings (SSSR count). The zero-order valence-corrected chi connectivity index (χ0v) is 50.8. The molecule has 0 aromatic rings. The summed E-state index contributed by atoms with van der Waals surface area (Å²) in [5.74, 6) is -1.10. The number of hydrogen-bond acceptors (Lipinski definition) is 27. The first-order valence-electron chi connectivity index (χ1n) is 30.3. The number of ether oxygens (including phenoxy) is 10. The Kier molecular flexibility index (Phi) is 21.1. The molecule has 5 aliphatic heterocycles. The molecule has 0 radical (unpaired) electrons. The van der Waals surface area contributed by atoms with Crippen LogP contribution >= 0.6 is 0 Å². The Labute approximate surface area is 500 Å². The van der Waals surface area contributed by atoms with Crippen molar-refractivity contribution in [2.24, 2.45) is 46.3 Å². The van der Waals surface area contributed by atoms with Crippen molar-refractivity contribution in [3.8, 4) is 0 Å². The zero-order valence-electron chi connectivity index (χ0n) is 50.0. The van der Waals surface area contributed by atoms with E-state index >= 15 is 0 Å². The highest BCUT2D eigenvalue weighted by atomic mass is 32.3. The number of ketones is 1. The molecule has 0 aromatic heterocycles. The highest BCUT2D eigenvalue weighted by Gasteiger charge is 2.64. The fourth-order valence-electron chi connectivity index (χ4n) is 15.7. The van der Waals surface area contributed by atoms with E-state index in [4.69, 9.17) is 51.6 Å². The highest BCUT2D eigenvalue weighted by Crippen LogP contribution is 2.67. The van der Waals surface area contributed by atoms with Gasteiger partial charge in [-0.2, -0.15) is 8.42 Å². The van der Waals surface area contributed by atoms with Crippen LogP contribution in [0.15, 0.2) is 11.6 Å². The average Bonchev–Trinajstić information content (AvgIpc) is 1.31. The lowest BCUT2D eigenvalue weighted by Crippen LogP contribution is -2.67. The van der Waals surface area contributed by atoms with Crippen LogP contribution in [0.25, 0.3) is 0 Å². The van der Waals surface area contributed by atoms with Crippen LogP contribution in [0.4, 0.5) is 0 Å². The van der Waals surface area contributed by atoms with Crippen molar-refractivity contribution < 1.29 is 136 Å². The minimum Gasteiger partial charge on any atom is -0.394 e. The smallest absolute Gasteiger partial charge is 0.394 e. The number of carbonyl (C=O) groups is 1.